The molecule has 9 heteroatoms. The molecule has 26 heavy (non-hydrogen) atoms. The zero-order chi connectivity index (χ0) is 18.7. The van der Waals surface area contributed by atoms with E-state index in [9.17, 15) is 9.59 Å². The monoisotopic (exact) mass is 422 g/mol. The summed E-state index contributed by atoms with van der Waals surface area (Å²) in [5.41, 5.74) is 0.582. The molecule has 1 aromatic carbocycles. The number of nitrogens with zero attached hydrogens (tertiary/aromatic N) is 3. The number of benzene rings is 1. The minimum Gasteiger partial charge on any atom is -0.482 e. The van der Waals surface area contributed by atoms with Crippen molar-refractivity contribution in [2.45, 2.75) is 26.2 Å². The first-order chi connectivity index (χ1) is 12.4. The molecule has 0 fully saturated rings. The molecule has 1 aromatic heterocycles. The molecule has 3 rings (SSSR count). The molecule has 1 aliphatic rings. The van der Waals surface area contributed by atoms with Crippen LogP contribution in [0, 0.1) is 0 Å². The number of fused-ring (bicyclic) bond motifs is 1. The summed E-state index contributed by atoms with van der Waals surface area (Å²) in [6.07, 6.45) is 0.437. The summed E-state index contributed by atoms with van der Waals surface area (Å²) >= 11 is 3.36. The topological polar surface area (TPSA) is 97.6 Å². The Kier molecular flexibility index (Phi) is 5.55. The third-order valence-electron chi connectivity index (χ3n) is 3.83. The number of halogens is 1. The average molecular weight is 423 g/mol. The minimum atomic E-state index is -0.266. The van der Waals surface area contributed by atoms with E-state index in [1.54, 1.807) is 18.2 Å². The minimum absolute atomic E-state index is 0.0715. The van der Waals surface area contributed by atoms with Crippen LogP contribution >= 0.6 is 15.9 Å². The predicted molar refractivity (Wildman–Crippen MR) is 97.1 cm³/mol. The third-order valence-corrected chi connectivity index (χ3v) is 4.32. The number of hydrogen-bond acceptors (Lipinski definition) is 6. The number of rotatable bonds is 6. The van der Waals surface area contributed by atoms with Gasteiger partial charge in [-0.25, -0.2) is 0 Å². The van der Waals surface area contributed by atoms with Crippen LogP contribution < -0.4 is 15.0 Å². The number of anilines is 1. The fourth-order valence-electron chi connectivity index (χ4n) is 2.46. The van der Waals surface area contributed by atoms with Gasteiger partial charge in [-0.15, -0.1) is 0 Å². The largest absolute Gasteiger partial charge is 0.482 e. The highest BCUT2D eigenvalue weighted by molar-refractivity contribution is 9.10. The van der Waals surface area contributed by atoms with E-state index in [-0.39, 0.29) is 30.9 Å². The summed E-state index contributed by atoms with van der Waals surface area (Å²) in [5, 5.41) is 6.65. The van der Waals surface area contributed by atoms with Crippen molar-refractivity contribution >= 4 is 33.4 Å². The lowest BCUT2D eigenvalue weighted by atomic mass is 10.2. The zero-order valence-electron chi connectivity index (χ0n) is 14.5. The molecule has 0 spiro atoms. The summed E-state index contributed by atoms with van der Waals surface area (Å²) in [6, 6.07) is 5.32. The molecule has 0 bridgehead atoms. The van der Waals surface area contributed by atoms with E-state index in [0.29, 0.717) is 36.1 Å². The molecule has 0 atom stereocenters. The van der Waals surface area contributed by atoms with Crippen LogP contribution in [0.1, 0.15) is 31.5 Å². The molecule has 8 nitrogen and oxygen atoms in total. The van der Waals surface area contributed by atoms with Crippen LogP contribution in [0.4, 0.5) is 5.69 Å². The maximum absolute atomic E-state index is 12.2. The highest BCUT2D eigenvalue weighted by atomic mass is 79.9. The van der Waals surface area contributed by atoms with Crippen LogP contribution in [-0.2, 0) is 16.0 Å². The highest BCUT2D eigenvalue weighted by Crippen LogP contribution is 2.34. The van der Waals surface area contributed by atoms with Crippen molar-refractivity contribution in [3.8, 4) is 5.75 Å². The molecule has 0 saturated carbocycles. The Balaban J connectivity index is 1.55. The van der Waals surface area contributed by atoms with Crippen molar-refractivity contribution < 1.29 is 18.8 Å². The van der Waals surface area contributed by atoms with Crippen LogP contribution in [0.2, 0.25) is 0 Å². The predicted octanol–water partition coefficient (Wildman–Crippen LogP) is 2.04. The first kappa shape index (κ1) is 18.4. The number of carbonyl (C=O) groups is 2. The van der Waals surface area contributed by atoms with Crippen LogP contribution in [0.15, 0.2) is 27.2 Å². The summed E-state index contributed by atoms with van der Waals surface area (Å²) in [5.74, 6) is 1.36. The summed E-state index contributed by atoms with van der Waals surface area (Å²) in [6.45, 7) is 4.15. The molecule has 2 aromatic rings. The van der Waals surface area contributed by atoms with E-state index in [4.69, 9.17) is 9.26 Å². The number of hydrogen-bond donors (Lipinski definition) is 1. The van der Waals surface area contributed by atoms with Crippen molar-refractivity contribution in [3.63, 3.8) is 0 Å². The van der Waals surface area contributed by atoms with Crippen molar-refractivity contribution in [2.75, 3.05) is 24.6 Å². The molecule has 1 N–H and O–H groups in total. The van der Waals surface area contributed by atoms with E-state index in [1.165, 1.54) is 4.90 Å². The van der Waals surface area contributed by atoms with Crippen LogP contribution in [0.25, 0.3) is 0 Å². The maximum Gasteiger partial charge on any atom is 0.265 e. The Hall–Kier alpha value is -2.42. The first-order valence-corrected chi connectivity index (χ1v) is 9.05. The number of amides is 2. The van der Waals surface area contributed by atoms with Gasteiger partial charge in [0.15, 0.2) is 12.4 Å². The smallest absolute Gasteiger partial charge is 0.265 e. The number of nitrogens with one attached hydrogen (secondary N) is 1. The molecule has 2 amide bonds. The fraction of sp³-hybridized carbons (Fsp3) is 0.412. The van der Waals surface area contributed by atoms with Gasteiger partial charge in [-0.05, 0) is 18.2 Å². The van der Waals surface area contributed by atoms with E-state index < -0.39 is 0 Å². The average Bonchev–Trinajstić information content (AvgIpc) is 3.06. The Bertz CT molecular complexity index is 821. The van der Waals surface area contributed by atoms with Crippen LogP contribution in [-0.4, -0.2) is 41.7 Å². The van der Waals surface area contributed by atoms with Gasteiger partial charge in [0.25, 0.3) is 5.91 Å². The van der Waals surface area contributed by atoms with E-state index in [0.717, 1.165) is 4.47 Å². The van der Waals surface area contributed by atoms with Gasteiger partial charge in [-0.1, -0.05) is 34.9 Å². The second-order valence-electron chi connectivity index (χ2n) is 6.18. The number of ether oxygens (including phenoxy) is 1. The van der Waals surface area contributed by atoms with Gasteiger partial charge >= 0.3 is 0 Å². The van der Waals surface area contributed by atoms with Crippen molar-refractivity contribution in [1.29, 1.82) is 0 Å². The molecule has 0 aliphatic carbocycles. The number of carbonyl (C=O) groups excluding carboxylic acids is 2. The van der Waals surface area contributed by atoms with Crippen LogP contribution in [0.3, 0.4) is 0 Å². The van der Waals surface area contributed by atoms with Gasteiger partial charge < -0.3 is 14.6 Å². The van der Waals surface area contributed by atoms with Gasteiger partial charge in [-0.2, -0.15) is 4.98 Å². The van der Waals surface area contributed by atoms with Gasteiger partial charge in [-0.3, -0.25) is 14.5 Å². The fourth-order valence-corrected chi connectivity index (χ4v) is 2.80. The van der Waals surface area contributed by atoms with Gasteiger partial charge in [0.1, 0.15) is 12.3 Å². The molecule has 1 aliphatic heterocycles. The van der Waals surface area contributed by atoms with Crippen molar-refractivity contribution in [3.05, 3.63) is 34.4 Å². The Labute approximate surface area is 159 Å². The van der Waals surface area contributed by atoms with E-state index in [1.807, 2.05) is 13.8 Å². The van der Waals surface area contributed by atoms with Gasteiger partial charge in [0, 0.05) is 23.4 Å². The summed E-state index contributed by atoms with van der Waals surface area (Å²) in [4.78, 5) is 30.0. The Morgan fingerprint density at radius 3 is 2.96 bits per heavy atom. The zero-order valence-corrected chi connectivity index (χ0v) is 16.1. The lowest BCUT2D eigenvalue weighted by Gasteiger charge is -2.28. The maximum atomic E-state index is 12.2. The van der Waals surface area contributed by atoms with Crippen molar-refractivity contribution in [2.24, 2.45) is 0 Å². The SMILES string of the molecule is CC(C)c1noc(CCNC(=O)CN2C(=O)COc3cc(Br)ccc32)n1. The quantitative estimate of drug-likeness (QED) is 0.764. The van der Waals surface area contributed by atoms with Gasteiger partial charge in [0.05, 0.1) is 5.69 Å². The van der Waals surface area contributed by atoms with E-state index >= 15 is 0 Å². The Morgan fingerprint density at radius 2 is 2.23 bits per heavy atom. The molecule has 0 saturated heterocycles. The standard InChI is InChI=1S/C17H19BrN4O4/c1-10(2)17-20-15(26-21-17)5-6-19-14(23)8-22-12-4-3-11(18)7-13(12)25-9-16(22)24/h3-4,7,10H,5-6,8-9H2,1-2H3,(H,19,23). The number of aromatic nitrogens is 2. The second-order valence-corrected chi connectivity index (χ2v) is 7.10. The molecule has 0 radical (unpaired) electrons. The molecule has 2 heterocycles. The third kappa shape index (κ3) is 4.21. The second kappa shape index (κ2) is 7.86. The summed E-state index contributed by atoms with van der Waals surface area (Å²) in [7, 11) is 0. The molecule has 138 valence electrons. The molecular formula is C17H19BrN4O4. The lowest BCUT2D eigenvalue weighted by Crippen LogP contribution is -2.45. The molecular weight excluding hydrogens is 404 g/mol. The van der Waals surface area contributed by atoms with Crippen LogP contribution in [0.5, 0.6) is 5.75 Å². The normalized spacial score (nSPS) is 13.5. The summed E-state index contributed by atoms with van der Waals surface area (Å²) < 4.78 is 11.4. The first-order valence-electron chi connectivity index (χ1n) is 8.26. The molecule has 0 unspecified atom stereocenters. The lowest BCUT2D eigenvalue weighted by molar-refractivity contribution is -0.125. The Morgan fingerprint density at radius 1 is 1.42 bits per heavy atom. The van der Waals surface area contributed by atoms with Crippen molar-refractivity contribution in [1.82, 2.24) is 15.5 Å². The van der Waals surface area contributed by atoms with E-state index in [2.05, 4.69) is 31.4 Å². The highest BCUT2D eigenvalue weighted by Gasteiger charge is 2.27. The van der Waals surface area contributed by atoms with Gasteiger partial charge in [0.2, 0.25) is 11.8 Å².